The van der Waals surface area contributed by atoms with E-state index in [9.17, 15) is 0 Å². The normalized spacial score (nSPS) is 24.3. The summed E-state index contributed by atoms with van der Waals surface area (Å²) in [4.78, 5) is 9.79. The fourth-order valence-corrected chi connectivity index (χ4v) is 4.01. The number of rotatable bonds is 8. The number of nitrogens with two attached hydrogens (primary N) is 1. The Kier molecular flexibility index (Phi) is 10.5. The molecule has 0 aromatic heterocycles. The Hall–Kier alpha value is -0.0800. The van der Waals surface area contributed by atoms with Gasteiger partial charge < -0.3 is 11.1 Å². The molecular weight excluding hydrogens is 413 g/mol. The van der Waals surface area contributed by atoms with Crippen molar-refractivity contribution in [3.8, 4) is 0 Å². The summed E-state index contributed by atoms with van der Waals surface area (Å²) in [5.74, 6) is 1.34. The molecule has 5 nitrogen and oxygen atoms in total. The Morgan fingerprint density at radius 1 is 1.21 bits per heavy atom. The Bertz CT molecular complexity index is 368. The van der Waals surface area contributed by atoms with Crippen LogP contribution in [0.25, 0.3) is 0 Å². The number of likely N-dealkylation sites (N-methyl/N-ethyl adjacent to an activating group) is 1. The molecule has 0 aromatic rings. The van der Waals surface area contributed by atoms with Crippen LogP contribution < -0.4 is 11.1 Å². The van der Waals surface area contributed by atoms with Crippen molar-refractivity contribution in [2.45, 2.75) is 65.0 Å². The van der Waals surface area contributed by atoms with Crippen molar-refractivity contribution in [1.29, 1.82) is 0 Å². The van der Waals surface area contributed by atoms with Crippen LogP contribution in [-0.2, 0) is 0 Å². The van der Waals surface area contributed by atoms with Gasteiger partial charge in [0.2, 0.25) is 0 Å². The fraction of sp³-hybridized carbons (Fsp3) is 0.944. The average Bonchev–Trinajstić information content (AvgIpc) is 3.19. The van der Waals surface area contributed by atoms with E-state index in [0.29, 0.717) is 24.0 Å². The summed E-state index contributed by atoms with van der Waals surface area (Å²) in [5.41, 5.74) is 6.12. The zero-order valence-corrected chi connectivity index (χ0v) is 18.2. The predicted molar refractivity (Wildman–Crippen MR) is 114 cm³/mol. The second-order valence-electron chi connectivity index (χ2n) is 7.56. The van der Waals surface area contributed by atoms with E-state index in [2.05, 4.69) is 40.9 Å². The van der Waals surface area contributed by atoms with Crippen LogP contribution in [0.1, 0.15) is 52.9 Å². The van der Waals surface area contributed by atoms with Crippen molar-refractivity contribution < 1.29 is 0 Å². The lowest BCUT2D eigenvalue weighted by Gasteiger charge is -2.28. The Balaban J connectivity index is 0.00000288. The van der Waals surface area contributed by atoms with Gasteiger partial charge in [0.25, 0.3) is 0 Å². The van der Waals surface area contributed by atoms with Gasteiger partial charge in [-0.25, -0.2) is 0 Å². The third kappa shape index (κ3) is 7.04. The van der Waals surface area contributed by atoms with E-state index in [4.69, 9.17) is 5.73 Å². The molecule has 142 valence electrons. The molecule has 0 aliphatic carbocycles. The van der Waals surface area contributed by atoms with Gasteiger partial charge >= 0.3 is 0 Å². The SMILES string of the molecule is CCN1CCCC1CNC(N)=NCC(CC(C)C)N1CCCC1.I. The molecule has 2 aliphatic heterocycles. The Morgan fingerprint density at radius 3 is 2.54 bits per heavy atom. The van der Waals surface area contributed by atoms with Crippen molar-refractivity contribution in [2.75, 3.05) is 39.3 Å². The van der Waals surface area contributed by atoms with Crippen LogP contribution in [0.4, 0.5) is 0 Å². The molecule has 6 heteroatoms. The van der Waals surface area contributed by atoms with Crippen LogP contribution >= 0.6 is 24.0 Å². The van der Waals surface area contributed by atoms with Gasteiger partial charge in [0.1, 0.15) is 0 Å². The van der Waals surface area contributed by atoms with Gasteiger partial charge in [-0.2, -0.15) is 0 Å². The van der Waals surface area contributed by atoms with Crippen LogP contribution in [-0.4, -0.2) is 67.1 Å². The van der Waals surface area contributed by atoms with Crippen molar-refractivity contribution >= 4 is 29.9 Å². The van der Waals surface area contributed by atoms with Crippen molar-refractivity contribution in [1.82, 2.24) is 15.1 Å². The number of aliphatic imine (C=N–C) groups is 1. The van der Waals surface area contributed by atoms with Crippen LogP contribution in [0, 0.1) is 5.92 Å². The molecule has 0 bridgehead atoms. The first-order chi connectivity index (χ1) is 11.1. The molecule has 0 saturated carbocycles. The predicted octanol–water partition coefficient (Wildman–Crippen LogP) is 2.50. The minimum Gasteiger partial charge on any atom is -0.370 e. The molecule has 2 atom stereocenters. The lowest BCUT2D eigenvalue weighted by Crippen LogP contribution is -2.43. The zero-order chi connectivity index (χ0) is 16.7. The summed E-state index contributed by atoms with van der Waals surface area (Å²) in [5, 5.41) is 3.36. The number of guanidine groups is 1. The summed E-state index contributed by atoms with van der Waals surface area (Å²) in [6.07, 6.45) is 6.46. The highest BCUT2D eigenvalue weighted by atomic mass is 127. The van der Waals surface area contributed by atoms with Crippen molar-refractivity contribution in [3.05, 3.63) is 0 Å². The van der Waals surface area contributed by atoms with Crippen LogP contribution in [0.5, 0.6) is 0 Å². The van der Waals surface area contributed by atoms with Gasteiger partial charge in [-0.05, 0) is 64.2 Å². The first-order valence-electron chi connectivity index (χ1n) is 9.62. The molecule has 3 N–H and O–H groups in total. The molecule has 2 aliphatic rings. The van der Waals surface area contributed by atoms with E-state index < -0.39 is 0 Å². The molecular formula is C18H38IN5. The molecule has 2 saturated heterocycles. The first-order valence-corrected chi connectivity index (χ1v) is 9.62. The second-order valence-corrected chi connectivity index (χ2v) is 7.56. The standard InChI is InChI=1S/C18H37N5.HI/c1-4-22-11-7-8-16(22)13-20-18(19)21-14-17(12-15(2)3)23-9-5-6-10-23;/h15-17H,4-14H2,1-3H3,(H3,19,20,21);1H. The number of hydrogen-bond donors (Lipinski definition) is 2. The smallest absolute Gasteiger partial charge is 0.188 e. The highest BCUT2D eigenvalue weighted by Gasteiger charge is 2.24. The maximum Gasteiger partial charge on any atom is 0.188 e. The maximum atomic E-state index is 6.12. The van der Waals surface area contributed by atoms with Gasteiger partial charge in [0.15, 0.2) is 5.96 Å². The first kappa shape index (κ1) is 22.0. The van der Waals surface area contributed by atoms with Crippen molar-refractivity contribution in [3.63, 3.8) is 0 Å². The quantitative estimate of drug-likeness (QED) is 0.338. The fourth-order valence-electron chi connectivity index (χ4n) is 4.01. The van der Waals surface area contributed by atoms with Crippen molar-refractivity contribution in [2.24, 2.45) is 16.6 Å². The summed E-state index contributed by atoms with van der Waals surface area (Å²) in [6, 6.07) is 1.18. The van der Waals surface area contributed by atoms with Gasteiger partial charge in [0, 0.05) is 18.6 Å². The third-order valence-corrected chi connectivity index (χ3v) is 5.30. The minimum absolute atomic E-state index is 0. The molecule has 0 amide bonds. The monoisotopic (exact) mass is 451 g/mol. The number of halogens is 1. The molecule has 0 aromatic carbocycles. The third-order valence-electron chi connectivity index (χ3n) is 5.30. The number of likely N-dealkylation sites (tertiary alicyclic amines) is 2. The number of hydrogen-bond acceptors (Lipinski definition) is 3. The van der Waals surface area contributed by atoms with E-state index in [1.54, 1.807) is 0 Å². The highest BCUT2D eigenvalue weighted by molar-refractivity contribution is 14.0. The van der Waals surface area contributed by atoms with Gasteiger partial charge in [-0.3, -0.25) is 14.8 Å². The van der Waals surface area contributed by atoms with E-state index in [0.717, 1.165) is 19.6 Å². The summed E-state index contributed by atoms with van der Waals surface area (Å²) in [6.45, 7) is 13.4. The van der Waals surface area contributed by atoms with Crippen LogP contribution in [0.2, 0.25) is 0 Å². The lowest BCUT2D eigenvalue weighted by molar-refractivity contribution is 0.218. The zero-order valence-electron chi connectivity index (χ0n) is 15.8. The number of nitrogens with zero attached hydrogens (tertiary/aromatic N) is 3. The van der Waals surface area contributed by atoms with E-state index in [1.165, 1.54) is 51.7 Å². The summed E-state index contributed by atoms with van der Waals surface area (Å²) < 4.78 is 0. The van der Waals surface area contributed by atoms with E-state index >= 15 is 0 Å². The van der Waals surface area contributed by atoms with Crippen LogP contribution in [0.15, 0.2) is 4.99 Å². The van der Waals surface area contributed by atoms with E-state index in [1.807, 2.05) is 0 Å². The summed E-state index contributed by atoms with van der Waals surface area (Å²) >= 11 is 0. The molecule has 2 rings (SSSR count). The number of nitrogens with one attached hydrogen (secondary N) is 1. The molecule has 2 heterocycles. The maximum absolute atomic E-state index is 6.12. The molecule has 24 heavy (non-hydrogen) atoms. The molecule has 0 spiro atoms. The Labute approximate surface area is 165 Å². The molecule has 2 fully saturated rings. The van der Waals surface area contributed by atoms with Gasteiger partial charge in [-0.15, -0.1) is 24.0 Å². The minimum atomic E-state index is 0. The highest BCUT2D eigenvalue weighted by Crippen LogP contribution is 2.18. The van der Waals surface area contributed by atoms with E-state index in [-0.39, 0.29) is 24.0 Å². The second kappa shape index (κ2) is 11.5. The largest absolute Gasteiger partial charge is 0.370 e. The average molecular weight is 451 g/mol. The van der Waals surface area contributed by atoms with Gasteiger partial charge in [0.05, 0.1) is 6.54 Å². The van der Waals surface area contributed by atoms with Gasteiger partial charge in [-0.1, -0.05) is 20.8 Å². The topological polar surface area (TPSA) is 56.9 Å². The molecule has 0 radical (unpaired) electrons. The lowest BCUT2D eigenvalue weighted by atomic mass is 10.0. The van der Waals surface area contributed by atoms with Crippen LogP contribution in [0.3, 0.4) is 0 Å². The Morgan fingerprint density at radius 2 is 1.92 bits per heavy atom. The summed E-state index contributed by atoms with van der Waals surface area (Å²) in [7, 11) is 0. The molecule has 2 unspecified atom stereocenters.